The van der Waals surface area contributed by atoms with E-state index in [1.807, 2.05) is 0 Å². The van der Waals surface area contributed by atoms with Crippen molar-refractivity contribution in [1.29, 1.82) is 0 Å². The van der Waals surface area contributed by atoms with Crippen LogP contribution in [0.3, 0.4) is 0 Å². The predicted octanol–water partition coefficient (Wildman–Crippen LogP) is 3.18. The van der Waals surface area contributed by atoms with Crippen molar-refractivity contribution in [3.8, 4) is 0 Å². The van der Waals surface area contributed by atoms with Gasteiger partial charge in [0.15, 0.2) is 19.8 Å². The molecule has 20 heteroatoms. The number of carbonyl (C=O) groups is 7. The van der Waals surface area contributed by atoms with Crippen LogP contribution in [-0.4, -0.2) is 95.3 Å². The standard InChI is InChI=1S/C41H63N3O17/c1-4-32(45)60-31-61-38(51)30-59-35(48)24-18-12-9-15-21-27-44-40(53)42(25-19-13-7-10-16-22-33(46)57-28-36(49)55-5-2)39(52)43(41(44)54)26-20-14-8-11-17-23-34(47)58-29-37(50)56-6-3/h4H,1,5-31H2,2-3H3. The number of nitrogens with zero attached hydrogens (tertiary/aromatic N) is 3. The monoisotopic (exact) mass is 869 g/mol. The van der Waals surface area contributed by atoms with Gasteiger partial charge in [-0.1, -0.05) is 64.4 Å². The maximum absolute atomic E-state index is 13.5. The van der Waals surface area contributed by atoms with E-state index in [-0.39, 0.29) is 52.1 Å². The molecular weight excluding hydrogens is 806 g/mol. The number of rotatable bonds is 35. The van der Waals surface area contributed by atoms with E-state index < -0.39 is 85.5 Å². The molecule has 20 nitrogen and oxygen atoms in total. The van der Waals surface area contributed by atoms with Crippen molar-refractivity contribution in [2.75, 3.05) is 39.8 Å². The Balaban J connectivity index is 2.69. The fourth-order valence-corrected chi connectivity index (χ4v) is 5.76. The van der Waals surface area contributed by atoms with E-state index in [2.05, 4.69) is 16.1 Å². The van der Waals surface area contributed by atoms with Gasteiger partial charge in [0.2, 0.25) is 6.79 Å². The molecular formula is C41H63N3O17. The van der Waals surface area contributed by atoms with Crippen molar-refractivity contribution in [3.63, 3.8) is 0 Å². The second-order valence-electron chi connectivity index (χ2n) is 13.7. The molecule has 0 spiro atoms. The normalized spacial score (nSPS) is 10.7. The van der Waals surface area contributed by atoms with Gasteiger partial charge in [0.1, 0.15) is 0 Å². The van der Waals surface area contributed by atoms with Gasteiger partial charge < -0.3 is 33.2 Å². The highest BCUT2D eigenvalue weighted by Crippen LogP contribution is 2.10. The smallest absolute Gasteiger partial charge is 0.347 e. The predicted molar refractivity (Wildman–Crippen MR) is 216 cm³/mol. The maximum Gasteiger partial charge on any atom is 0.347 e. The van der Waals surface area contributed by atoms with E-state index in [9.17, 15) is 47.9 Å². The first-order valence-electron chi connectivity index (χ1n) is 21.0. The van der Waals surface area contributed by atoms with Gasteiger partial charge in [-0.3, -0.25) is 14.4 Å². The summed E-state index contributed by atoms with van der Waals surface area (Å²) in [6.07, 6.45) is 10.3. The molecule has 1 aromatic rings. The number of hydrogen-bond acceptors (Lipinski definition) is 17. The van der Waals surface area contributed by atoms with Gasteiger partial charge in [-0.25, -0.2) is 47.3 Å². The molecule has 0 saturated carbocycles. The number of carbonyl (C=O) groups excluding carboxylic acids is 7. The molecule has 0 aliphatic heterocycles. The highest BCUT2D eigenvalue weighted by Gasteiger charge is 2.16. The van der Waals surface area contributed by atoms with Crippen molar-refractivity contribution in [2.45, 2.75) is 149 Å². The molecule has 0 fully saturated rings. The quantitative estimate of drug-likeness (QED) is 0.0312. The Kier molecular flexibility index (Phi) is 29.1. The van der Waals surface area contributed by atoms with E-state index in [4.69, 9.17) is 23.7 Å². The molecule has 0 N–H and O–H groups in total. The third kappa shape index (κ3) is 25.0. The van der Waals surface area contributed by atoms with Crippen LogP contribution in [0.15, 0.2) is 27.0 Å². The van der Waals surface area contributed by atoms with E-state index >= 15 is 0 Å². The highest BCUT2D eigenvalue weighted by atomic mass is 16.7. The van der Waals surface area contributed by atoms with E-state index in [1.165, 1.54) is 0 Å². The zero-order valence-corrected chi connectivity index (χ0v) is 35.7. The summed E-state index contributed by atoms with van der Waals surface area (Å²) in [4.78, 5) is 121. The Labute approximate surface area is 354 Å². The fourth-order valence-electron chi connectivity index (χ4n) is 5.76. The van der Waals surface area contributed by atoms with Crippen LogP contribution in [0.4, 0.5) is 0 Å². The Hall–Kier alpha value is -5.56. The van der Waals surface area contributed by atoms with Crippen LogP contribution in [0.5, 0.6) is 0 Å². The lowest BCUT2D eigenvalue weighted by Crippen LogP contribution is -2.54. The average Bonchev–Trinajstić information content (AvgIpc) is 3.23. The van der Waals surface area contributed by atoms with Crippen LogP contribution >= 0.6 is 0 Å². The third-order valence-electron chi connectivity index (χ3n) is 8.92. The summed E-state index contributed by atoms with van der Waals surface area (Å²) in [6.45, 7) is 5.07. The van der Waals surface area contributed by atoms with Gasteiger partial charge in [0, 0.05) is 45.0 Å². The zero-order valence-electron chi connectivity index (χ0n) is 35.7. The number of esters is 7. The summed E-state index contributed by atoms with van der Waals surface area (Å²) < 4.78 is 36.5. The third-order valence-corrected chi connectivity index (χ3v) is 8.92. The Morgan fingerprint density at radius 1 is 0.410 bits per heavy atom. The van der Waals surface area contributed by atoms with E-state index in [1.54, 1.807) is 13.8 Å². The van der Waals surface area contributed by atoms with Crippen molar-refractivity contribution >= 4 is 41.8 Å². The molecule has 344 valence electrons. The summed E-state index contributed by atoms with van der Waals surface area (Å²) in [5.74, 6) is -4.48. The Morgan fingerprint density at radius 2 is 0.705 bits per heavy atom. The summed E-state index contributed by atoms with van der Waals surface area (Å²) in [5.41, 5.74) is -2.06. The van der Waals surface area contributed by atoms with Crippen LogP contribution in [0.1, 0.15) is 129 Å². The van der Waals surface area contributed by atoms with Crippen molar-refractivity contribution in [3.05, 3.63) is 44.1 Å². The van der Waals surface area contributed by atoms with Crippen molar-refractivity contribution < 1.29 is 66.7 Å². The molecule has 0 atom stereocenters. The Bertz CT molecular complexity index is 1640. The molecule has 0 radical (unpaired) electrons. The Morgan fingerprint density at radius 3 is 1.02 bits per heavy atom. The molecule has 1 heterocycles. The molecule has 0 unspecified atom stereocenters. The minimum atomic E-state index is -0.880. The fraction of sp³-hybridized carbons (Fsp3) is 0.707. The van der Waals surface area contributed by atoms with Crippen LogP contribution in [0, 0.1) is 0 Å². The molecule has 1 aromatic heterocycles. The largest absolute Gasteiger partial charge is 0.463 e. The lowest BCUT2D eigenvalue weighted by molar-refractivity contribution is -0.171. The van der Waals surface area contributed by atoms with Gasteiger partial charge in [-0.05, 0) is 52.4 Å². The second-order valence-corrected chi connectivity index (χ2v) is 13.7. The summed E-state index contributed by atoms with van der Waals surface area (Å²) in [6, 6.07) is 0. The molecule has 0 aromatic carbocycles. The van der Waals surface area contributed by atoms with E-state index in [0.717, 1.165) is 32.6 Å². The lowest BCUT2D eigenvalue weighted by Gasteiger charge is -2.14. The highest BCUT2D eigenvalue weighted by molar-refractivity contribution is 5.81. The number of unbranched alkanes of at least 4 members (excludes halogenated alkanes) is 12. The van der Waals surface area contributed by atoms with Crippen LogP contribution in [0.25, 0.3) is 0 Å². The summed E-state index contributed by atoms with van der Waals surface area (Å²) in [5, 5.41) is 0. The first-order valence-corrected chi connectivity index (χ1v) is 21.0. The zero-order chi connectivity index (χ0) is 45.3. The molecule has 0 amide bonds. The van der Waals surface area contributed by atoms with Gasteiger partial charge in [0.05, 0.1) is 13.2 Å². The van der Waals surface area contributed by atoms with Crippen molar-refractivity contribution in [2.24, 2.45) is 0 Å². The average molecular weight is 870 g/mol. The minimum Gasteiger partial charge on any atom is -0.463 e. The molecule has 0 bridgehead atoms. The molecule has 0 aliphatic carbocycles. The SMILES string of the molecule is C=CC(=O)OCOC(=O)COC(=O)CCCCCCCn1c(=O)n(CCCCCCCC(=O)OCC(=O)OCC)c(=O)n(CCCCCCCC(=O)OCC(=O)OCC)c1=O. The van der Waals surface area contributed by atoms with Crippen LogP contribution in [0.2, 0.25) is 0 Å². The number of aromatic nitrogens is 3. The first kappa shape index (κ1) is 53.5. The lowest BCUT2D eigenvalue weighted by atomic mass is 10.1. The number of hydrogen-bond donors (Lipinski definition) is 0. The van der Waals surface area contributed by atoms with Crippen LogP contribution < -0.4 is 17.1 Å². The molecule has 1 rings (SSSR count). The molecule has 0 saturated heterocycles. The summed E-state index contributed by atoms with van der Waals surface area (Å²) in [7, 11) is 0. The van der Waals surface area contributed by atoms with Gasteiger partial charge in [0.25, 0.3) is 0 Å². The minimum absolute atomic E-state index is 0.0567. The van der Waals surface area contributed by atoms with Crippen LogP contribution in [-0.2, 0) is 86.4 Å². The second kappa shape index (κ2) is 33.2. The molecule has 0 aliphatic rings. The van der Waals surface area contributed by atoms with Gasteiger partial charge in [-0.2, -0.15) is 0 Å². The number of ether oxygens (including phenoxy) is 7. The van der Waals surface area contributed by atoms with Gasteiger partial charge in [-0.15, -0.1) is 0 Å². The van der Waals surface area contributed by atoms with Gasteiger partial charge >= 0.3 is 58.9 Å². The summed E-state index contributed by atoms with van der Waals surface area (Å²) >= 11 is 0. The first-order chi connectivity index (χ1) is 29.3. The molecule has 61 heavy (non-hydrogen) atoms. The van der Waals surface area contributed by atoms with Crippen molar-refractivity contribution in [1.82, 2.24) is 13.7 Å². The topological polar surface area (TPSA) is 250 Å². The van der Waals surface area contributed by atoms with E-state index in [0.29, 0.717) is 83.5 Å². The maximum atomic E-state index is 13.5.